The molecular weight excluding hydrogens is 874 g/mol. The Morgan fingerprint density at radius 2 is 1.38 bits per heavy atom. The number of rotatable bonds is 24. The summed E-state index contributed by atoms with van der Waals surface area (Å²) in [5, 5.41) is 101. The van der Waals surface area contributed by atoms with Crippen LogP contribution in [0.5, 0.6) is 0 Å². The number of hydroxylamine groups is 2. The molecule has 1 rings (SSSR count). The van der Waals surface area contributed by atoms with Gasteiger partial charge in [-0.05, 0) is 33.1 Å². The summed E-state index contributed by atoms with van der Waals surface area (Å²) in [4.78, 5) is 118. The summed E-state index contributed by atoms with van der Waals surface area (Å²) in [6, 6.07) is -11.3. The van der Waals surface area contributed by atoms with Gasteiger partial charge in [0.25, 0.3) is 0 Å². The zero-order valence-electron chi connectivity index (χ0n) is 36.2. The van der Waals surface area contributed by atoms with Crippen molar-refractivity contribution in [3.05, 3.63) is 10.4 Å². The molecule has 0 aliphatic carbocycles. The number of hydrogen-bond acceptors (Lipinski definition) is 17. The van der Waals surface area contributed by atoms with Gasteiger partial charge in [-0.15, -0.1) is 0 Å². The molecule has 0 aromatic rings. The molecule has 9 unspecified atom stereocenters. The maximum Gasteiger partial charge on any atom is 0.335 e. The SMILES string of the molecule is CCCCCCCC(O)CC(=O)NCC(=O)NC(C(=O)NC1COC(=O)C(CCC[N+]([O-])=NO)NC(=O)C(C)NC(=O)C(CCC[N+]([O-])=NO)NC(=O)C(C(C)O)NC1=O)C(O)C(=O)O. The third-order valence-electron chi connectivity index (χ3n) is 9.63. The van der Waals surface area contributed by atoms with E-state index in [4.69, 9.17) is 15.2 Å². The van der Waals surface area contributed by atoms with Crippen LogP contribution in [0.25, 0.3) is 0 Å². The van der Waals surface area contributed by atoms with Gasteiger partial charge in [0.15, 0.2) is 29.7 Å². The first-order valence-corrected chi connectivity index (χ1v) is 20.8. The van der Waals surface area contributed by atoms with Gasteiger partial charge in [0.1, 0.15) is 42.9 Å². The van der Waals surface area contributed by atoms with Crippen molar-refractivity contribution >= 4 is 53.3 Å². The van der Waals surface area contributed by atoms with Crippen LogP contribution < -0.4 is 37.2 Å². The summed E-state index contributed by atoms with van der Waals surface area (Å²) in [5.74, 6) is -11.8. The highest BCUT2D eigenvalue weighted by Crippen LogP contribution is 2.10. The van der Waals surface area contributed by atoms with Crippen molar-refractivity contribution in [1.29, 1.82) is 0 Å². The maximum absolute atomic E-state index is 13.8. The number of carboxylic acid groups (broad SMARTS) is 1. The van der Waals surface area contributed by atoms with Gasteiger partial charge in [0.2, 0.25) is 41.4 Å². The lowest BCUT2D eigenvalue weighted by Crippen LogP contribution is -2.64. The number of carbonyl (C=O) groups excluding carboxylic acids is 8. The maximum atomic E-state index is 13.8. The molecule has 1 saturated heterocycles. The Balaban J connectivity index is 3.52. The van der Waals surface area contributed by atoms with E-state index in [1.165, 1.54) is 6.92 Å². The van der Waals surface area contributed by atoms with Gasteiger partial charge >= 0.3 is 11.9 Å². The molecule has 0 aromatic carbocycles. The summed E-state index contributed by atoms with van der Waals surface area (Å²) >= 11 is 0. The quantitative estimate of drug-likeness (QED) is 0.0143. The van der Waals surface area contributed by atoms with Crippen LogP contribution in [0, 0.1) is 10.4 Å². The highest BCUT2D eigenvalue weighted by Gasteiger charge is 2.39. The van der Waals surface area contributed by atoms with E-state index in [0.29, 0.717) is 12.8 Å². The lowest BCUT2D eigenvalue weighted by molar-refractivity contribution is -0.556. The number of nitrogens with zero attached hydrogens (tertiary/aromatic N) is 4. The molecule has 368 valence electrons. The molecule has 9 atom stereocenters. The van der Waals surface area contributed by atoms with Gasteiger partial charge in [-0.3, -0.25) is 33.6 Å². The van der Waals surface area contributed by atoms with Gasteiger partial charge in [0, 0.05) is 12.8 Å². The molecule has 7 amide bonds. The van der Waals surface area contributed by atoms with Crippen LogP contribution in [0.15, 0.2) is 10.6 Å². The van der Waals surface area contributed by atoms with Crippen molar-refractivity contribution in [2.24, 2.45) is 10.6 Å². The van der Waals surface area contributed by atoms with Gasteiger partial charge in [-0.25, -0.2) is 9.59 Å². The predicted octanol–water partition coefficient (Wildman–Crippen LogP) is -4.21. The second-order valence-electron chi connectivity index (χ2n) is 15.1. The molecule has 0 bridgehead atoms. The normalized spacial score (nSPS) is 22.4. The van der Waals surface area contributed by atoms with Crippen molar-refractivity contribution < 1.29 is 88.4 Å². The molecule has 0 radical (unpaired) electrons. The molecule has 1 heterocycles. The van der Waals surface area contributed by atoms with Crippen molar-refractivity contribution in [3.63, 3.8) is 0 Å². The molecule has 13 N–H and O–H groups in total. The first kappa shape index (κ1) is 56.5. The lowest BCUT2D eigenvalue weighted by atomic mass is 10.1. The number of nitrogens with one attached hydrogen (secondary N) is 7. The Hall–Kier alpha value is -6.49. The Labute approximate surface area is 371 Å². The number of aliphatic hydroxyl groups is 3. The second kappa shape index (κ2) is 29.8. The number of carbonyl (C=O) groups is 9. The number of aliphatic carboxylic acids is 1. The fourth-order valence-electron chi connectivity index (χ4n) is 5.98. The Kier molecular flexibility index (Phi) is 25.9. The number of hydrogen-bond donors (Lipinski definition) is 13. The topological polar surface area (TPSA) is 445 Å². The molecule has 29 heteroatoms. The number of aliphatic hydroxyl groups excluding tert-OH is 3. The van der Waals surface area contributed by atoms with Gasteiger partial charge in [-0.1, -0.05) is 48.7 Å². The van der Waals surface area contributed by atoms with E-state index >= 15 is 0 Å². The van der Waals surface area contributed by atoms with Crippen LogP contribution in [-0.2, 0) is 47.9 Å². The molecule has 0 spiro atoms. The van der Waals surface area contributed by atoms with E-state index in [9.17, 15) is 74.0 Å². The third kappa shape index (κ3) is 21.6. The van der Waals surface area contributed by atoms with Crippen LogP contribution in [0.1, 0.15) is 91.4 Å². The molecule has 1 aliphatic heterocycles. The number of esters is 1. The van der Waals surface area contributed by atoms with E-state index in [1.807, 2.05) is 17.6 Å². The lowest BCUT2D eigenvalue weighted by Gasteiger charge is -2.29. The number of unbranched alkanes of at least 4 members (excludes halogenated alkanes) is 4. The van der Waals surface area contributed by atoms with Crippen LogP contribution >= 0.6 is 0 Å². The summed E-state index contributed by atoms with van der Waals surface area (Å²) < 4.78 is 5.21. The van der Waals surface area contributed by atoms with E-state index in [0.717, 1.165) is 32.6 Å². The minimum Gasteiger partial charge on any atom is -0.597 e. The molecule has 0 saturated carbocycles. The van der Waals surface area contributed by atoms with Crippen molar-refractivity contribution in [1.82, 2.24) is 37.2 Å². The second-order valence-corrected chi connectivity index (χ2v) is 15.1. The molecule has 1 aliphatic rings. The Bertz CT molecular complexity index is 1700. The summed E-state index contributed by atoms with van der Waals surface area (Å²) in [6.45, 7) is 1.16. The first-order valence-electron chi connectivity index (χ1n) is 20.8. The molecule has 29 nitrogen and oxygen atoms in total. The number of carboxylic acids is 1. The molecule has 1 fully saturated rings. The minimum absolute atomic E-state index is 0.146. The zero-order chi connectivity index (χ0) is 49.2. The van der Waals surface area contributed by atoms with Gasteiger partial charge in [-0.2, -0.15) is 0 Å². The van der Waals surface area contributed by atoms with E-state index in [1.54, 1.807) is 0 Å². The number of amides is 7. The fraction of sp³-hybridized carbons (Fsp3) is 0.750. The minimum atomic E-state index is -2.72. The largest absolute Gasteiger partial charge is 0.597 e. The summed E-state index contributed by atoms with van der Waals surface area (Å²) in [6.07, 6.45) is -2.38. The zero-order valence-corrected chi connectivity index (χ0v) is 36.2. The third-order valence-corrected chi connectivity index (χ3v) is 9.63. The van der Waals surface area contributed by atoms with Crippen LogP contribution in [0.3, 0.4) is 0 Å². The predicted molar refractivity (Wildman–Crippen MR) is 214 cm³/mol. The van der Waals surface area contributed by atoms with Crippen molar-refractivity contribution in [3.8, 4) is 0 Å². The molecular formula is C36H61N11O18. The molecule has 65 heavy (non-hydrogen) atoms. The van der Waals surface area contributed by atoms with E-state index in [-0.39, 0.29) is 29.0 Å². The van der Waals surface area contributed by atoms with Crippen LogP contribution in [0.4, 0.5) is 0 Å². The average molecular weight is 936 g/mol. The number of cyclic esters (lactones) is 1. The summed E-state index contributed by atoms with van der Waals surface area (Å²) in [7, 11) is 0. The van der Waals surface area contributed by atoms with Crippen molar-refractivity contribution in [2.45, 2.75) is 146 Å². The van der Waals surface area contributed by atoms with Crippen LogP contribution in [-0.4, -0.2) is 175 Å². The smallest absolute Gasteiger partial charge is 0.335 e. The first-order chi connectivity index (χ1) is 30.6. The van der Waals surface area contributed by atoms with Crippen LogP contribution in [0.2, 0.25) is 0 Å². The molecule has 0 aromatic heterocycles. The highest BCUT2D eigenvalue weighted by atomic mass is 16.6. The van der Waals surface area contributed by atoms with E-state index < -0.39 is 147 Å². The summed E-state index contributed by atoms with van der Waals surface area (Å²) in [5.41, 5.74) is 0. The van der Waals surface area contributed by atoms with E-state index in [2.05, 4.69) is 37.1 Å². The number of ether oxygens (including phenoxy) is 1. The Morgan fingerprint density at radius 1 is 0.800 bits per heavy atom. The monoisotopic (exact) mass is 935 g/mol. The van der Waals surface area contributed by atoms with Crippen molar-refractivity contribution in [2.75, 3.05) is 26.2 Å². The van der Waals surface area contributed by atoms with Gasteiger partial charge < -0.3 is 83.2 Å². The van der Waals surface area contributed by atoms with Gasteiger partial charge in [0.05, 0.1) is 25.2 Å². The Morgan fingerprint density at radius 3 is 1.95 bits per heavy atom. The highest BCUT2D eigenvalue weighted by molar-refractivity contribution is 5.98. The average Bonchev–Trinajstić information content (AvgIpc) is 3.25. The standard InChI is InChI=1S/C36H61N11O18/c1-4-5-6-7-8-11-21(49)16-25(50)37-17-26(51)42-28(29(52)35(58)59)34(57)41-24-18-65-36(60)23(13-10-15-47(64)45-62)40-30(53)19(2)38-31(54)22(12-9-14-46(63)44-61)39-33(56)27(20(3)48)43-32(24)55/h19-24,27-29,48-49,52,61-62H,4-18H2,1-3H3,(H,37,50)(H,38,54)(H,39,56)(H,40,53)(H,41,57)(H,42,51)(H,43,55)(H,58,59). The fourth-order valence-corrected chi connectivity index (χ4v) is 5.98.